The fraction of sp³-hybridized carbons (Fsp3) is 0.812. The van der Waals surface area contributed by atoms with Crippen molar-refractivity contribution in [3.8, 4) is 0 Å². The number of aliphatic hydroxyl groups excluding tert-OH is 1. The van der Waals surface area contributed by atoms with Crippen LogP contribution < -0.4 is 0 Å². The summed E-state index contributed by atoms with van der Waals surface area (Å²) in [6.45, 7) is 11.8. The second-order valence-corrected chi connectivity index (χ2v) is 6.51. The van der Waals surface area contributed by atoms with Crippen molar-refractivity contribution in [3.05, 3.63) is 17.0 Å². The Morgan fingerprint density at radius 1 is 1.45 bits per heavy atom. The highest BCUT2D eigenvalue weighted by Crippen LogP contribution is 2.37. The SMILES string of the molecule is CCc1noc(C)c1CN1CCCC(CO)(C(C)C)C1. The molecule has 0 amide bonds. The molecule has 1 aliphatic heterocycles. The van der Waals surface area contributed by atoms with Crippen LogP contribution in [0.4, 0.5) is 0 Å². The van der Waals surface area contributed by atoms with Gasteiger partial charge < -0.3 is 9.63 Å². The zero-order chi connectivity index (χ0) is 14.8. The fourth-order valence-corrected chi connectivity index (χ4v) is 3.32. The van der Waals surface area contributed by atoms with E-state index in [0.29, 0.717) is 5.92 Å². The van der Waals surface area contributed by atoms with Gasteiger partial charge in [0.25, 0.3) is 0 Å². The third-order valence-electron chi connectivity index (χ3n) is 5.01. The van der Waals surface area contributed by atoms with Crippen LogP contribution in [-0.2, 0) is 13.0 Å². The molecule has 1 saturated heterocycles. The Hall–Kier alpha value is -0.870. The number of piperidine rings is 1. The minimum atomic E-state index is 0.0513. The highest BCUT2D eigenvalue weighted by molar-refractivity contribution is 5.22. The normalized spacial score (nSPS) is 24.5. The van der Waals surface area contributed by atoms with Crippen LogP contribution in [0.5, 0.6) is 0 Å². The number of likely N-dealkylation sites (tertiary alicyclic amines) is 1. The Bertz CT molecular complexity index is 442. The van der Waals surface area contributed by atoms with Crippen molar-refractivity contribution in [2.45, 2.75) is 53.5 Å². The Morgan fingerprint density at radius 3 is 2.80 bits per heavy atom. The van der Waals surface area contributed by atoms with Crippen LogP contribution >= 0.6 is 0 Å². The van der Waals surface area contributed by atoms with Crippen molar-refractivity contribution in [1.82, 2.24) is 10.1 Å². The molecule has 114 valence electrons. The van der Waals surface area contributed by atoms with Gasteiger partial charge in [-0.05, 0) is 38.6 Å². The van der Waals surface area contributed by atoms with Crippen LogP contribution in [0.2, 0.25) is 0 Å². The van der Waals surface area contributed by atoms with Gasteiger partial charge in [0, 0.05) is 24.1 Å². The van der Waals surface area contributed by atoms with Crippen LogP contribution in [-0.4, -0.2) is 34.9 Å². The Labute approximate surface area is 122 Å². The Balaban J connectivity index is 2.12. The third-order valence-corrected chi connectivity index (χ3v) is 5.01. The van der Waals surface area contributed by atoms with E-state index in [0.717, 1.165) is 50.4 Å². The van der Waals surface area contributed by atoms with Gasteiger partial charge in [-0.2, -0.15) is 0 Å². The molecule has 0 aromatic carbocycles. The first-order chi connectivity index (χ1) is 9.52. The summed E-state index contributed by atoms with van der Waals surface area (Å²) < 4.78 is 5.33. The molecule has 2 heterocycles. The molecule has 1 aliphatic rings. The van der Waals surface area contributed by atoms with Crippen molar-refractivity contribution < 1.29 is 9.63 Å². The van der Waals surface area contributed by atoms with Crippen LogP contribution in [0.1, 0.15) is 50.6 Å². The van der Waals surface area contributed by atoms with Gasteiger partial charge in [-0.3, -0.25) is 4.90 Å². The molecule has 4 heteroatoms. The minimum absolute atomic E-state index is 0.0513. The molecule has 0 bridgehead atoms. The van der Waals surface area contributed by atoms with Gasteiger partial charge in [-0.1, -0.05) is 25.9 Å². The lowest BCUT2D eigenvalue weighted by Gasteiger charge is -2.44. The molecule has 0 saturated carbocycles. The molecule has 4 nitrogen and oxygen atoms in total. The average Bonchev–Trinajstić information content (AvgIpc) is 2.79. The molecule has 1 aromatic heterocycles. The largest absolute Gasteiger partial charge is 0.396 e. The van der Waals surface area contributed by atoms with E-state index in [1.54, 1.807) is 0 Å². The second kappa shape index (κ2) is 6.27. The van der Waals surface area contributed by atoms with Gasteiger partial charge in [-0.25, -0.2) is 0 Å². The first kappa shape index (κ1) is 15.5. The quantitative estimate of drug-likeness (QED) is 0.901. The maximum absolute atomic E-state index is 9.85. The summed E-state index contributed by atoms with van der Waals surface area (Å²) >= 11 is 0. The zero-order valence-electron chi connectivity index (χ0n) is 13.3. The van der Waals surface area contributed by atoms with Crippen molar-refractivity contribution in [2.24, 2.45) is 11.3 Å². The zero-order valence-corrected chi connectivity index (χ0v) is 13.3. The molecule has 0 spiro atoms. The van der Waals surface area contributed by atoms with Gasteiger partial charge in [0.05, 0.1) is 12.3 Å². The Morgan fingerprint density at radius 2 is 2.20 bits per heavy atom. The van der Waals surface area contributed by atoms with Gasteiger partial charge in [0.1, 0.15) is 5.76 Å². The lowest BCUT2D eigenvalue weighted by molar-refractivity contribution is -0.00603. The molecule has 1 N–H and O–H groups in total. The Kier molecular flexibility index (Phi) is 4.86. The van der Waals surface area contributed by atoms with E-state index < -0.39 is 0 Å². The van der Waals surface area contributed by atoms with Gasteiger partial charge >= 0.3 is 0 Å². The van der Waals surface area contributed by atoms with Gasteiger partial charge in [0.2, 0.25) is 0 Å². The summed E-state index contributed by atoms with van der Waals surface area (Å²) in [6.07, 6.45) is 3.20. The van der Waals surface area contributed by atoms with Crippen molar-refractivity contribution in [3.63, 3.8) is 0 Å². The lowest BCUT2D eigenvalue weighted by atomic mass is 9.72. The fourth-order valence-electron chi connectivity index (χ4n) is 3.32. The first-order valence-corrected chi connectivity index (χ1v) is 7.79. The highest BCUT2D eigenvalue weighted by atomic mass is 16.5. The molecule has 1 unspecified atom stereocenters. The van der Waals surface area contributed by atoms with Crippen molar-refractivity contribution >= 4 is 0 Å². The number of aryl methyl sites for hydroxylation is 2. The molecule has 1 atom stereocenters. The van der Waals surface area contributed by atoms with E-state index in [2.05, 4.69) is 30.8 Å². The molecule has 0 aliphatic carbocycles. The first-order valence-electron chi connectivity index (χ1n) is 7.79. The van der Waals surface area contributed by atoms with Crippen molar-refractivity contribution in [2.75, 3.05) is 19.7 Å². The number of aromatic nitrogens is 1. The number of aliphatic hydroxyl groups is 1. The standard InChI is InChI=1S/C16H28N2O2/c1-5-15-14(13(4)20-17-15)9-18-8-6-7-16(10-18,11-19)12(2)3/h12,19H,5-11H2,1-4H3. The molecule has 1 fully saturated rings. The molecule has 20 heavy (non-hydrogen) atoms. The smallest absolute Gasteiger partial charge is 0.138 e. The minimum Gasteiger partial charge on any atom is -0.396 e. The van der Waals surface area contributed by atoms with Gasteiger partial charge in [-0.15, -0.1) is 0 Å². The lowest BCUT2D eigenvalue weighted by Crippen LogP contribution is -2.48. The van der Waals surface area contributed by atoms with E-state index in [1.165, 1.54) is 5.56 Å². The van der Waals surface area contributed by atoms with Crippen LogP contribution in [0.15, 0.2) is 4.52 Å². The summed E-state index contributed by atoms with van der Waals surface area (Å²) in [7, 11) is 0. The monoisotopic (exact) mass is 280 g/mol. The average molecular weight is 280 g/mol. The highest BCUT2D eigenvalue weighted by Gasteiger charge is 2.38. The second-order valence-electron chi connectivity index (χ2n) is 6.51. The maximum atomic E-state index is 9.85. The van der Waals surface area contributed by atoms with Crippen LogP contribution in [0.3, 0.4) is 0 Å². The van der Waals surface area contributed by atoms with E-state index in [4.69, 9.17) is 4.52 Å². The number of rotatable bonds is 5. The summed E-state index contributed by atoms with van der Waals surface area (Å²) in [6, 6.07) is 0. The summed E-state index contributed by atoms with van der Waals surface area (Å²) in [5, 5.41) is 14.0. The number of nitrogens with zero attached hydrogens (tertiary/aromatic N) is 2. The third kappa shape index (κ3) is 2.91. The molecule has 0 radical (unpaired) electrons. The van der Waals surface area contributed by atoms with Crippen LogP contribution in [0.25, 0.3) is 0 Å². The van der Waals surface area contributed by atoms with Crippen LogP contribution in [0, 0.1) is 18.3 Å². The topological polar surface area (TPSA) is 49.5 Å². The summed E-state index contributed by atoms with van der Waals surface area (Å²) in [5.41, 5.74) is 2.37. The van der Waals surface area contributed by atoms with E-state index in [-0.39, 0.29) is 12.0 Å². The van der Waals surface area contributed by atoms with E-state index in [1.807, 2.05) is 6.92 Å². The molecular weight excluding hydrogens is 252 g/mol. The molecule has 2 rings (SSSR count). The number of hydrogen-bond donors (Lipinski definition) is 1. The van der Waals surface area contributed by atoms with E-state index in [9.17, 15) is 5.11 Å². The van der Waals surface area contributed by atoms with E-state index >= 15 is 0 Å². The summed E-state index contributed by atoms with van der Waals surface area (Å²) in [5.74, 6) is 1.44. The predicted molar refractivity (Wildman–Crippen MR) is 79.5 cm³/mol. The predicted octanol–water partition coefficient (Wildman–Crippen LogP) is 2.78. The van der Waals surface area contributed by atoms with Gasteiger partial charge in [0.15, 0.2) is 0 Å². The maximum Gasteiger partial charge on any atom is 0.138 e. The summed E-state index contributed by atoms with van der Waals surface area (Å²) in [4.78, 5) is 2.46. The molecular formula is C16H28N2O2. The molecule has 1 aromatic rings. The van der Waals surface area contributed by atoms with Crippen molar-refractivity contribution in [1.29, 1.82) is 0 Å². The number of hydrogen-bond acceptors (Lipinski definition) is 4.